The largest absolute Gasteiger partial charge is 0.459 e. The molecule has 1 aliphatic heterocycles. The molecule has 1 aliphatic rings. The highest BCUT2D eigenvalue weighted by molar-refractivity contribution is 5.94. The summed E-state index contributed by atoms with van der Waals surface area (Å²) in [5.41, 5.74) is -0.649. The van der Waals surface area contributed by atoms with Gasteiger partial charge in [0.05, 0.1) is 19.3 Å². The number of esters is 1. The van der Waals surface area contributed by atoms with E-state index in [9.17, 15) is 19.5 Å². The molecule has 0 saturated carbocycles. The Balaban J connectivity index is 1.79. The summed E-state index contributed by atoms with van der Waals surface area (Å²) in [6.45, 7) is 6.71. The Morgan fingerprint density at radius 1 is 1.00 bits per heavy atom. The molecule has 38 heavy (non-hydrogen) atoms. The molecule has 0 unspecified atom stereocenters. The molecule has 0 bridgehead atoms. The molecule has 9 nitrogen and oxygen atoms in total. The van der Waals surface area contributed by atoms with Gasteiger partial charge in [-0.05, 0) is 51.7 Å². The SMILES string of the molecule is C[C@@H](OCc1ccccc1)[C@H](NC(=O)[C@]1(CO)CCCN1C(=O)OC(C)(C)C)C(=O)OCc1ccccc1. The van der Waals surface area contributed by atoms with Crippen LogP contribution < -0.4 is 5.32 Å². The highest BCUT2D eigenvalue weighted by Gasteiger charge is 2.52. The van der Waals surface area contributed by atoms with Crippen LogP contribution in [0.5, 0.6) is 0 Å². The number of likely N-dealkylation sites (tertiary alicyclic amines) is 1. The quantitative estimate of drug-likeness (QED) is 0.455. The Kier molecular flexibility index (Phi) is 9.88. The minimum Gasteiger partial charge on any atom is -0.459 e. The first-order valence-electron chi connectivity index (χ1n) is 12.8. The van der Waals surface area contributed by atoms with Gasteiger partial charge in [-0.25, -0.2) is 9.59 Å². The summed E-state index contributed by atoms with van der Waals surface area (Å²) in [7, 11) is 0. The van der Waals surface area contributed by atoms with Gasteiger partial charge in [0.2, 0.25) is 5.91 Å². The number of aliphatic hydroxyl groups is 1. The van der Waals surface area contributed by atoms with Crippen LogP contribution in [0.1, 0.15) is 51.7 Å². The summed E-state index contributed by atoms with van der Waals surface area (Å²) in [5, 5.41) is 13.1. The molecule has 2 aromatic rings. The Labute approximate surface area is 224 Å². The number of carbonyl (C=O) groups excluding carboxylic acids is 3. The van der Waals surface area contributed by atoms with Gasteiger partial charge in [0.1, 0.15) is 17.7 Å². The van der Waals surface area contributed by atoms with Crippen molar-refractivity contribution in [3.05, 3.63) is 71.8 Å². The molecule has 0 aliphatic carbocycles. The van der Waals surface area contributed by atoms with Crippen LogP contribution in [0.3, 0.4) is 0 Å². The molecule has 0 spiro atoms. The van der Waals surface area contributed by atoms with Gasteiger partial charge in [-0.3, -0.25) is 9.69 Å². The first kappa shape index (κ1) is 29.1. The molecule has 2 N–H and O–H groups in total. The average Bonchev–Trinajstić information content (AvgIpc) is 3.35. The molecule has 1 heterocycles. The zero-order valence-corrected chi connectivity index (χ0v) is 22.5. The minimum atomic E-state index is -1.57. The van der Waals surface area contributed by atoms with Crippen molar-refractivity contribution in [3.8, 4) is 0 Å². The molecule has 0 aromatic heterocycles. The van der Waals surface area contributed by atoms with E-state index in [2.05, 4.69) is 5.32 Å². The molecule has 3 atom stereocenters. The van der Waals surface area contributed by atoms with Crippen molar-refractivity contribution < 1.29 is 33.7 Å². The van der Waals surface area contributed by atoms with Gasteiger partial charge in [0.15, 0.2) is 6.04 Å². The molecular weight excluding hydrogens is 488 g/mol. The molecule has 206 valence electrons. The standard InChI is InChI=1S/C29H38N2O7/c1-21(36-18-22-12-7-5-8-13-22)24(25(33)37-19-23-14-9-6-10-15-23)30-26(34)29(20-32)16-11-17-31(29)27(35)38-28(2,3)4/h5-10,12-15,21,24,32H,11,16-20H2,1-4H3,(H,30,34)/t21-,24+,29-/m1/s1. The number of hydrogen-bond donors (Lipinski definition) is 2. The van der Waals surface area contributed by atoms with Crippen molar-refractivity contribution in [1.82, 2.24) is 10.2 Å². The lowest BCUT2D eigenvalue weighted by Crippen LogP contribution is -2.63. The van der Waals surface area contributed by atoms with Crippen molar-refractivity contribution in [2.24, 2.45) is 0 Å². The van der Waals surface area contributed by atoms with Crippen molar-refractivity contribution in [2.75, 3.05) is 13.2 Å². The van der Waals surface area contributed by atoms with Gasteiger partial charge in [0, 0.05) is 6.54 Å². The Bertz CT molecular complexity index is 1070. The Morgan fingerprint density at radius 2 is 1.58 bits per heavy atom. The molecule has 2 amide bonds. The lowest BCUT2D eigenvalue weighted by molar-refractivity contribution is -0.155. The smallest absolute Gasteiger partial charge is 0.411 e. The number of hydrogen-bond acceptors (Lipinski definition) is 7. The first-order valence-corrected chi connectivity index (χ1v) is 12.8. The van der Waals surface area contributed by atoms with Gasteiger partial charge in [-0.2, -0.15) is 0 Å². The van der Waals surface area contributed by atoms with Gasteiger partial charge in [-0.1, -0.05) is 60.7 Å². The number of nitrogens with one attached hydrogen (secondary N) is 1. The van der Waals surface area contributed by atoms with Crippen LogP contribution in [-0.4, -0.2) is 64.4 Å². The van der Waals surface area contributed by atoms with Gasteiger partial charge in [0.25, 0.3) is 0 Å². The number of benzene rings is 2. The maximum Gasteiger partial charge on any atom is 0.411 e. The van der Waals surface area contributed by atoms with Crippen LogP contribution in [0.15, 0.2) is 60.7 Å². The molecular formula is C29H38N2O7. The van der Waals surface area contributed by atoms with E-state index in [-0.39, 0.29) is 26.2 Å². The number of carbonyl (C=O) groups is 3. The predicted molar refractivity (Wildman–Crippen MR) is 141 cm³/mol. The number of amides is 2. The van der Waals surface area contributed by atoms with Crippen molar-refractivity contribution >= 4 is 18.0 Å². The second kappa shape index (κ2) is 12.9. The van der Waals surface area contributed by atoms with Crippen molar-refractivity contribution in [1.29, 1.82) is 0 Å². The van der Waals surface area contributed by atoms with Crippen LogP contribution in [0, 0.1) is 0 Å². The topological polar surface area (TPSA) is 114 Å². The Hall–Kier alpha value is -3.43. The fraction of sp³-hybridized carbons (Fsp3) is 0.483. The molecule has 1 fully saturated rings. The second-order valence-corrected chi connectivity index (χ2v) is 10.5. The summed E-state index contributed by atoms with van der Waals surface area (Å²) in [4.78, 5) is 41.0. The second-order valence-electron chi connectivity index (χ2n) is 10.5. The van der Waals surface area contributed by atoms with Crippen LogP contribution >= 0.6 is 0 Å². The van der Waals surface area contributed by atoms with E-state index in [1.807, 2.05) is 60.7 Å². The molecule has 3 rings (SSSR count). The lowest BCUT2D eigenvalue weighted by Gasteiger charge is -2.37. The summed E-state index contributed by atoms with van der Waals surface area (Å²) in [5.74, 6) is -1.35. The number of rotatable bonds is 10. The fourth-order valence-corrected chi connectivity index (χ4v) is 4.29. The van der Waals surface area contributed by atoms with E-state index < -0.39 is 47.9 Å². The fourth-order valence-electron chi connectivity index (χ4n) is 4.29. The number of nitrogens with zero attached hydrogens (tertiary/aromatic N) is 1. The third-order valence-corrected chi connectivity index (χ3v) is 6.38. The van der Waals surface area contributed by atoms with Crippen molar-refractivity contribution in [3.63, 3.8) is 0 Å². The normalized spacial score (nSPS) is 18.9. The van der Waals surface area contributed by atoms with Gasteiger partial charge < -0.3 is 24.6 Å². The van der Waals surface area contributed by atoms with Gasteiger partial charge in [-0.15, -0.1) is 0 Å². The summed E-state index contributed by atoms with van der Waals surface area (Å²) in [6.07, 6.45) is -0.749. The van der Waals surface area contributed by atoms with Crippen LogP contribution in [0.4, 0.5) is 4.79 Å². The summed E-state index contributed by atoms with van der Waals surface area (Å²) < 4.78 is 17.0. The Morgan fingerprint density at radius 3 is 2.13 bits per heavy atom. The van der Waals surface area contributed by atoms with E-state index >= 15 is 0 Å². The van der Waals surface area contributed by atoms with E-state index in [4.69, 9.17) is 14.2 Å². The highest BCUT2D eigenvalue weighted by atomic mass is 16.6. The van der Waals surface area contributed by atoms with Crippen LogP contribution in [-0.2, 0) is 37.0 Å². The lowest BCUT2D eigenvalue weighted by atomic mass is 9.95. The molecule has 9 heteroatoms. The van der Waals surface area contributed by atoms with Crippen molar-refractivity contribution in [2.45, 2.75) is 77.0 Å². The molecule has 1 saturated heterocycles. The van der Waals surface area contributed by atoms with E-state index in [0.29, 0.717) is 6.42 Å². The molecule has 0 radical (unpaired) electrons. The zero-order valence-electron chi connectivity index (χ0n) is 22.5. The minimum absolute atomic E-state index is 0.0205. The maximum absolute atomic E-state index is 13.7. The molecule has 2 aromatic carbocycles. The van der Waals surface area contributed by atoms with E-state index in [0.717, 1.165) is 11.1 Å². The maximum atomic E-state index is 13.7. The third-order valence-electron chi connectivity index (χ3n) is 6.38. The summed E-state index contributed by atoms with van der Waals surface area (Å²) in [6, 6.07) is 17.5. The number of ether oxygens (including phenoxy) is 3. The van der Waals surface area contributed by atoms with Crippen LogP contribution in [0.2, 0.25) is 0 Å². The van der Waals surface area contributed by atoms with Crippen LogP contribution in [0.25, 0.3) is 0 Å². The monoisotopic (exact) mass is 526 g/mol. The third kappa shape index (κ3) is 7.55. The predicted octanol–water partition coefficient (Wildman–Crippen LogP) is 3.58. The zero-order chi connectivity index (χ0) is 27.8. The first-order chi connectivity index (χ1) is 18.1. The average molecular weight is 527 g/mol. The highest BCUT2D eigenvalue weighted by Crippen LogP contribution is 2.31. The van der Waals surface area contributed by atoms with Gasteiger partial charge >= 0.3 is 12.1 Å². The summed E-state index contributed by atoms with van der Waals surface area (Å²) >= 11 is 0. The van der Waals surface area contributed by atoms with E-state index in [1.54, 1.807) is 27.7 Å². The van der Waals surface area contributed by atoms with E-state index in [1.165, 1.54) is 4.90 Å². The number of aliphatic hydroxyl groups excluding tert-OH is 1.